The number of rotatable bonds is 5. The molecule has 1 fully saturated rings. The van der Waals surface area contributed by atoms with Crippen LogP contribution in [0.3, 0.4) is 0 Å². The summed E-state index contributed by atoms with van der Waals surface area (Å²) in [7, 11) is 1.65. The maximum absolute atomic E-state index is 12.2. The average Bonchev–Trinajstić information content (AvgIpc) is 2.88. The number of likely N-dealkylation sites (tertiary alicyclic amines) is 1. The Morgan fingerprint density at radius 3 is 3.00 bits per heavy atom. The van der Waals surface area contributed by atoms with E-state index in [-0.39, 0.29) is 11.3 Å². The molecule has 0 saturated carbocycles. The van der Waals surface area contributed by atoms with Crippen LogP contribution in [0.25, 0.3) is 0 Å². The van der Waals surface area contributed by atoms with Crippen molar-refractivity contribution in [3.63, 3.8) is 0 Å². The quantitative estimate of drug-likeness (QED) is 0.844. The lowest BCUT2D eigenvalue weighted by Gasteiger charge is -2.22. The van der Waals surface area contributed by atoms with Crippen molar-refractivity contribution >= 4 is 17.7 Å². The van der Waals surface area contributed by atoms with Gasteiger partial charge in [0.15, 0.2) is 0 Å². The minimum atomic E-state index is 0.0935. The van der Waals surface area contributed by atoms with Crippen molar-refractivity contribution in [2.24, 2.45) is 11.1 Å². The second kappa shape index (κ2) is 6.50. The van der Waals surface area contributed by atoms with Crippen LogP contribution in [-0.4, -0.2) is 43.3 Å². The Kier molecular flexibility index (Phi) is 4.94. The van der Waals surface area contributed by atoms with E-state index >= 15 is 0 Å². The summed E-state index contributed by atoms with van der Waals surface area (Å²) >= 11 is 1.55. The second-order valence-corrected chi connectivity index (χ2v) is 6.60. The van der Waals surface area contributed by atoms with Gasteiger partial charge in [0.25, 0.3) is 0 Å². The molecule has 2 rings (SSSR count). The van der Waals surface area contributed by atoms with E-state index in [2.05, 4.69) is 6.92 Å². The van der Waals surface area contributed by atoms with Crippen LogP contribution >= 0.6 is 11.8 Å². The lowest BCUT2D eigenvalue weighted by atomic mass is 9.90. The van der Waals surface area contributed by atoms with Crippen LogP contribution in [0.4, 0.5) is 0 Å². The van der Waals surface area contributed by atoms with Crippen molar-refractivity contribution in [1.82, 2.24) is 4.90 Å². The first-order chi connectivity index (χ1) is 9.56. The Balaban J connectivity index is 1.86. The number of methoxy groups -OCH3 is 1. The zero-order chi connectivity index (χ0) is 14.6. The molecule has 1 aromatic carbocycles. The van der Waals surface area contributed by atoms with Gasteiger partial charge in [-0.1, -0.05) is 13.0 Å². The van der Waals surface area contributed by atoms with Crippen LogP contribution in [-0.2, 0) is 4.79 Å². The molecule has 1 atom stereocenters. The van der Waals surface area contributed by atoms with Gasteiger partial charge in [0, 0.05) is 18.0 Å². The summed E-state index contributed by atoms with van der Waals surface area (Å²) in [5.74, 6) is 1.47. The summed E-state index contributed by atoms with van der Waals surface area (Å²) in [5, 5.41) is 0. The number of thioether (sulfide) groups is 1. The summed E-state index contributed by atoms with van der Waals surface area (Å²) in [5.41, 5.74) is 5.86. The molecule has 1 amide bonds. The first kappa shape index (κ1) is 15.2. The highest BCUT2D eigenvalue weighted by Gasteiger charge is 2.34. The van der Waals surface area contributed by atoms with Crippen molar-refractivity contribution in [3.05, 3.63) is 24.3 Å². The van der Waals surface area contributed by atoms with Crippen molar-refractivity contribution in [1.29, 1.82) is 0 Å². The van der Waals surface area contributed by atoms with Crippen molar-refractivity contribution in [2.45, 2.75) is 18.2 Å². The minimum Gasteiger partial charge on any atom is -0.497 e. The molecule has 0 spiro atoms. The van der Waals surface area contributed by atoms with Gasteiger partial charge < -0.3 is 15.4 Å². The molecule has 20 heavy (non-hydrogen) atoms. The van der Waals surface area contributed by atoms with Crippen LogP contribution < -0.4 is 10.5 Å². The molecule has 0 aliphatic carbocycles. The van der Waals surface area contributed by atoms with E-state index in [1.54, 1.807) is 18.9 Å². The molecule has 2 N–H and O–H groups in total. The van der Waals surface area contributed by atoms with Gasteiger partial charge in [-0.25, -0.2) is 0 Å². The Morgan fingerprint density at radius 1 is 1.55 bits per heavy atom. The molecule has 1 unspecified atom stereocenters. The Morgan fingerprint density at radius 2 is 2.35 bits per heavy atom. The maximum Gasteiger partial charge on any atom is 0.232 e. The lowest BCUT2D eigenvalue weighted by Crippen LogP contribution is -2.35. The molecule has 1 heterocycles. The summed E-state index contributed by atoms with van der Waals surface area (Å²) in [6.45, 7) is 4.39. The van der Waals surface area contributed by atoms with Gasteiger partial charge in [0.2, 0.25) is 5.91 Å². The van der Waals surface area contributed by atoms with Gasteiger partial charge in [0.1, 0.15) is 5.75 Å². The molecule has 5 heteroatoms. The standard InChI is InChI=1S/C15H22N2O2S/c1-15(10-16)6-7-17(11-15)14(18)9-20-13-5-3-4-12(8-13)19-2/h3-5,8H,6-7,9-11,16H2,1-2H3. The number of hydrogen-bond donors (Lipinski definition) is 1. The van der Waals surface area contributed by atoms with Gasteiger partial charge in [-0.05, 0) is 36.6 Å². The van der Waals surface area contributed by atoms with E-state index in [4.69, 9.17) is 10.5 Å². The van der Waals surface area contributed by atoms with Gasteiger partial charge in [-0.15, -0.1) is 11.8 Å². The number of hydrogen-bond acceptors (Lipinski definition) is 4. The van der Waals surface area contributed by atoms with Crippen LogP contribution in [0.2, 0.25) is 0 Å². The van der Waals surface area contributed by atoms with Crippen LogP contribution in [0.15, 0.2) is 29.2 Å². The molecular weight excluding hydrogens is 272 g/mol. The van der Waals surface area contributed by atoms with Gasteiger partial charge in [-0.3, -0.25) is 4.79 Å². The van der Waals surface area contributed by atoms with E-state index in [1.165, 1.54) is 0 Å². The van der Waals surface area contributed by atoms with Gasteiger partial charge >= 0.3 is 0 Å². The summed E-state index contributed by atoms with van der Waals surface area (Å²) in [6, 6.07) is 7.78. The minimum absolute atomic E-state index is 0.0935. The van der Waals surface area contributed by atoms with Gasteiger partial charge in [0.05, 0.1) is 12.9 Å². The smallest absolute Gasteiger partial charge is 0.232 e. The fourth-order valence-corrected chi connectivity index (χ4v) is 3.18. The molecular formula is C15H22N2O2S. The molecule has 1 aromatic rings. The number of benzene rings is 1. The number of nitrogens with zero attached hydrogens (tertiary/aromatic N) is 1. The fraction of sp³-hybridized carbons (Fsp3) is 0.533. The lowest BCUT2D eigenvalue weighted by molar-refractivity contribution is -0.127. The van der Waals surface area contributed by atoms with Crippen LogP contribution in [0.5, 0.6) is 5.75 Å². The third-order valence-electron chi connectivity index (χ3n) is 3.81. The van der Waals surface area contributed by atoms with Crippen molar-refractivity contribution in [3.8, 4) is 5.75 Å². The van der Waals surface area contributed by atoms with Crippen molar-refractivity contribution < 1.29 is 9.53 Å². The van der Waals surface area contributed by atoms with Crippen LogP contribution in [0, 0.1) is 5.41 Å². The Bertz CT molecular complexity index is 481. The molecule has 0 bridgehead atoms. The number of ether oxygens (including phenoxy) is 1. The SMILES string of the molecule is COc1cccc(SCC(=O)N2CCC(C)(CN)C2)c1. The number of amides is 1. The van der Waals surface area contributed by atoms with E-state index in [1.807, 2.05) is 29.2 Å². The molecule has 1 aliphatic rings. The fourth-order valence-electron chi connectivity index (χ4n) is 2.33. The van der Waals surface area contributed by atoms with Crippen LogP contribution in [0.1, 0.15) is 13.3 Å². The third kappa shape index (κ3) is 3.67. The highest BCUT2D eigenvalue weighted by atomic mass is 32.2. The number of carbonyl (C=O) groups is 1. The zero-order valence-corrected chi connectivity index (χ0v) is 12.9. The summed E-state index contributed by atoms with van der Waals surface area (Å²) in [6.07, 6.45) is 0.999. The number of nitrogens with two attached hydrogens (primary N) is 1. The predicted molar refractivity (Wildman–Crippen MR) is 82.1 cm³/mol. The summed E-state index contributed by atoms with van der Waals surface area (Å²) in [4.78, 5) is 15.2. The molecule has 4 nitrogen and oxygen atoms in total. The topological polar surface area (TPSA) is 55.6 Å². The van der Waals surface area contributed by atoms with Gasteiger partial charge in [-0.2, -0.15) is 0 Å². The van der Waals surface area contributed by atoms with Crippen molar-refractivity contribution in [2.75, 3.05) is 32.5 Å². The third-order valence-corrected chi connectivity index (χ3v) is 4.79. The molecule has 1 saturated heterocycles. The van der Waals surface area contributed by atoms with E-state index in [9.17, 15) is 4.79 Å². The second-order valence-electron chi connectivity index (χ2n) is 5.55. The Hall–Kier alpha value is -1.20. The maximum atomic E-state index is 12.2. The largest absolute Gasteiger partial charge is 0.497 e. The normalized spacial score (nSPS) is 22.1. The average molecular weight is 294 g/mol. The summed E-state index contributed by atoms with van der Waals surface area (Å²) < 4.78 is 5.18. The van der Waals surface area contributed by atoms with E-state index in [0.717, 1.165) is 30.2 Å². The molecule has 0 aromatic heterocycles. The zero-order valence-electron chi connectivity index (χ0n) is 12.1. The number of carbonyl (C=O) groups excluding carboxylic acids is 1. The molecule has 110 valence electrons. The monoisotopic (exact) mass is 294 g/mol. The Labute approximate surface area is 124 Å². The first-order valence-corrected chi connectivity index (χ1v) is 7.79. The molecule has 1 aliphatic heterocycles. The van der Waals surface area contributed by atoms with E-state index < -0.39 is 0 Å². The molecule has 0 radical (unpaired) electrons. The predicted octanol–water partition coefficient (Wildman–Crippen LogP) is 1.98. The van der Waals surface area contributed by atoms with E-state index in [0.29, 0.717) is 12.3 Å². The first-order valence-electron chi connectivity index (χ1n) is 6.81. The highest BCUT2D eigenvalue weighted by Crippen LogP contribution is 2.29. The highest BCUT2D eigenvalue weighted by molar-refractivity contribution is 8.00.